The summed E-state index contributed by atoms with van der Waals surface area (Å²) in [6.45, 7) is 2.90. The van der Waals surface area contributed by atoms with E-state index in [9.17, 15) is 0 Å². The number of hydrogen-bond donors (Lipinski definition) is 2. The first kappa shape index (κ1) is 12.0. The van der Waals surface area contributed by atoms with E-state index in [-0.39, 0.29) is 0 Å². The number of hydrogen-bond acceptors (Lipinski definition) is 3. The summed E-state index contributed by atoms with van der Waals surface area (Å²) in [5.41, 5.74) is 0.961. The first-order valence-electron chi connectivity index (χ1n) is 5.21. The van der Waals surface area contributed by atoms with Gasteiger partial charge in [-0.2, -0.15) is 0 Å². The Hall–Kier alpha value is -2.03. The summed E-state index contributed by atoms with van der Waals surface area (Å²) in [6, 6.07) is 12.8. The molecule has 0 aliphatic heterocycles. The van der Waals surface area contributed by atoms with Gasteiger partial charge >= 0.3 is 0 Å². The average Bonchev–Trinajstić information content (AvgIpc) is 2.33. The molecular formula is C13H16N2O. The third-order valence-electron chi connectivity index (χ3n) is 1.79. The number of phenolic OH excluding ortho intramolecular Hbond substituents is 1. The van der Waals surface area contributed by atoms with E-state index in [4.69, 9.17) is 5.11 Å². The summed E-state index contributed by atoms with van der Waals surface area (Å²) >= 11 is 0. The third kappa shape index (κ3) is 5.00. The number of pyridine rings is 1. The summed E-state index contributed by atoms with van der Waals surface area (Å²) in [5, 5.41) is 12.1. The van der Waals surface area contributed by atoms with Gasteiger partial charge < -0.3 is 10.4 Å². The lowest BCUT2D eigenvalue weighted by Gasteiger charge is -2.01. The van der Waals surface area contributed by atoms with Gasteiger partial charge in [0.15, 0.2) is 0 Å². The van der Waals surface area contributed by atoms with Crippen LogP contribution in [0.3, 0.4) is 0 Å². The average molecular weight is 216 g/mol. The molecule has 0 amide bonds. The van der Waals surface area contributed by atoms with E-state index in [0.717, 1.165) is 12.2 Å². The van der Waals surface area contributed by atoms with Crippen LogP contribution >= 0.6 is 0 Å². The van der Waals surface area contributed by atoms with Crippen LogP contribution in [0.2, 0.25) is 0 Å². The van der Waals surface area contributed by atoms with E-state index in [1.54, 1.807) is 24.5 Å². The Morgan fingerprint density at radius 1 is 1.12 bits per heavy atom. The van der Waals surface area contributed by atoms with Gasteiger partial charge in [0, 0.05) is 30.7 Å². The molecule has 0 unspecified atom stereocenters. The number of aromatic hydroxyl groups is 1. The van der Waals surface area contributed by atoms with Gasteiger partial charge in [-0.1, -0.05) is 12.1 Å². The van der Waals surface area contributed by atoms with Gasteiger partial charge in [-0.05, 0) is 31.2 Å². The standard InChI is InChI=1S/C8H11NO.C5H5N/c1-2-9-7-4-3-5-8(10)6-7;1-2-4-6-5-3-1/h3-6,9-10H,2H2,1H3;1-5H. The van der Waals surface area contributed by atoms with Crippen LogP contribution in [0.4, 0.5) is 5.69 Å². The fourth-order valence-electron chi connectivity index (χ4n) is 1.13. The quantitative estimate of drug-likeness (QED) is 0.811. The second-order valence-corrected chi connectivity index (χ2v) is 3.11. The lowest BCUT2D eigenvalue weighted by atomic mass is 10.3. The summed E-state index contributed by atoms with van der Waals surface area (Å²) in [7, 11) is 0. The highest BCUT2D eigenvalue weighted by molar-refractivity contribution is 5.47. The Kier molecular flexibility index (Phi) is 5.48. The summed E-state index contributed by atoms with van der Waals surface area (Å²) < 4.78 is 0. The Bertz CT molecular complexity index is 363. The number of nitrogens with zero attached hydrogens (tertiary/aromatic N) is 1. The molecule has 0 aliphatic carbocycles. The van der Waals surface area contributed by atoms with Gasteiger partial charge in [0.05, 0.1) is 0 Å². The number of nitrogens with one attached hydrogen (secondary N) is 1. The molecule has 0 saturated carbocycles. The highest BCUT2D eigenvalue weighted by Gasteiger charge is 1.88. The van der Waals surface area contributed by atoms with E-state index in [0.29, 0.717) is 5.75 Å². The van der Waals surface area contributed by atoms with Gasteiger partial charge in [0.2, 0.25) is 0 Å². The van der Waals surface area contributed by atoms with Crippen molar-refractivity contribution in [1.82, 2.24) is 4.98 Å². The second-order valence-electron chi connectivity index (χ2n) is 3.11. The Morgan fingerprint density at radius 3 is 2.31 bits per heavy atom. The maximum atomic E-state index is 9.00. The molecule has 1 aromatic carbocycles. The Morgan fingerprint density at radius 2 is 1.88 bits per heavy atom. The topological polar surface area (TPSA) is 45.1 Å². The molecule has 2 N–H and O–H groups in total. The molecule has 0 bridgehead atoms. The van der Waals surface area contributed by atoms with E-state index >= 15 is 0 Å². The molecule has 2 aromatic rings. The maximum absolute atomic E-state index is 9.00. The minimum absolute atomic E-state index is 0.304. The molecule has 0 fully saturated rings. The summed E-state index contributed by atoms with van der Waals surface area (Å²) in [5.74, 6) is 0.304. The maximum Gasteiger partial charge on any atom is 0.117 e. The SMILES string of the molecule is CCNc1cccc(O)c1.c1ccncc1. The van der Waals surface area contributed by atoms with Crippen LogP contribution in [-0.2, 0) is 0 Å². The largest absolute Gasteiger partial charge is 0.508 e. The minimum atomic E-state index is 0.304. The summed E-state index contributed by atoms with van der Waals surface area (Å²) in [6.07, 6.45) is 3.50. The van der Waals surface area contributed by atoms with Gasteiger partial charge in [-0.15, -0.1) is 0 Å². The molecule has 2 rings (SSSR count). The number of benzene rings is 1. The van der Waals surface area contributed by atoms with E-state index in [1.165, 1.54) is 0 Å². The normalized spacial score (nSPS) is 8.81. The Labute approximate surface area is 95.8 Å². The molecule has 1 heterocycles. The molecule has 0 aliphatic rings. The zero-order valence-electron chi connectivity index (χ0n) is 9.30. The third-order valence-corrected chi connectivity index (χ3v) is 1.79. The monoisotopic (exact) mass is 216 g/mol. The molecule has 1 aromatic heterocycles. The van der Waals surface area contributed by atoms with Crippen LogP contribution in [0.5, 0.6) is 5.75 Å². The van der Waals surface area contributed by atoms with Crippen molar-refractivity contribution < 1.29 is 5.11 Å². The van der Waals surface area contributed by atoms with Crippen LogP contribution in [-0.4, -0.2) is 16.6 Å². The lowest BCUT2D eigenvalue weighted by Crippen LogP contribution is -1.94. The van der Waals surface area contributed by atoms with Gasteiger partial charge in [0.25, 0.3) is 0 Å². The molecule has 3 heteroatoms. The van der Waals surface area contributed by atoms with Crippen LogP contribution in [0, 0.1) is 0 Å². The van der Waals surface area contributed by atoms with Crippen LogP contribution in [0.1, 0.15) is 6.92 Å². The number of aromatic nitrogens is 1. The molecule has 0 radical (unpaired) electrons. The predicted molar refractivity (Wildman–Crippen MR) is 66.5 cm³/mol. The zero-order valence-corrected chi connectivity index (χ0v) is 9.30. The van der Waals surface area contributed by atoms with Crippen molar-refractivity contribution in [3.05, 3.63) is 54.9 Å². The molecular weight excluding hydrogens is 200 g/mol. The van der Waals surface area contributed by atoms with Crippen molar-refractivity contribution in [3.63, 3.8) is 0 Å². The van der Waals surface area contributed by atoms with Crippen molar-refractivity contribution in [2.24, 2.45) is 0 Å². The second kappa shape index (κ2) is 7.29. The van der Waals surface area contributed by atoms with Crippen molar-refractivity contribution in [3.8, 4) is 5.75 Å². The van der Waals surface area contributed by atoms with E-state index in [1.807, 2.05) is 37.3 Å². The number of anilines is 1. The molecule has 16 heavy (non-hydrogen) atoms. The van der Waals surface area contributed by atoms with Crippen LogP contribution in [0.15, 0.2) is 54.9 Å². The first-order chi connectivity index (χ1) is 7.83. The fourth-order valence-corrected chi connectivity index (χ4v) is 1.13. The first-order valence-corrected chi connectivity index (χ1v) is 5.21. The molecule has 84 valence electrons. The van der Waals surface area contributed by atoms with Gasteiger partial charge in [-0.25, -0.2) is 0 Å². The van der Waals surface area contributed by atoms with Crippen molar-refractivity contribution >= 4 is 5.69 Å². The van der Waals surface area contributed by atoms with Crippen molar-refractivity contribution in [2.45, 2.75) is 6.92 Å². The van der Waals surface area contributed by atoms with Gasteiger partial charge in [-0.3, -0.25) is 4.98 Å². The smallest absolute Gasteiger partial charge is 0.117 e. The molecule has 0 atom stereocenters. The number of phenols is 1. The Balaban J connectivity index is 0.000000181. The predicted octanol–water partition coefficient (Wildman–Crippen LogP) is 2.91. The van der Waals surface area contributed by atoms with Crippen molar-refractivity contribution in [2.75, 3.05) is 11.9 Å². The van der Waals surface area contributed by atoms with Crippen LogP contribution in [0.25, 0.3) is 0 Å². The lowest BCUT2D eigenvalue weighted by molar-refractivity contribution is 0.475. The van der Waals surface area contributed by atoms with Crippen LogP contribution < -0.4 is 5.32 Å². The molecule has 3 nitrogen and oxygen atoms in total. The minimum Gasteiger partial charge on any atom is -0.508 e. The van der Waals surface area contributed by atoms with Crippen molar-refractivity contribution in [1.29, 1.82) is 0 Å². The van der Waals surface area contributed by atoms with Gasteiger partial charge in [0.1, 0.15) is 5.75 Å². The molecule has 0 saturated heterocycles. The fraction of sp³-hybridized carbons (Fsp3) is 0.154. The van der Waals surface area contributed by atoms with E-state index < -0.39 is 0 Å². The number of rotatable bonds is 2. The highest BCUT2D eigenvalue weighted by atomic mass is 16.3. The van der Waals surface area contributed by atoms with E-state index in [2.05, 4.69) is 10.3 Å². The highest BCUT2D eigenvalue weighted by Crippen LogP contribution is 2.14. The zero-order chi connectivity index (χ0) is 11.6. The molecule has 0 spiro atoms. The summed E-state index contributed by atoms with van der Waals surface area (Å²) in [4.78, 5) is 3.78.